The third kappa shape index (κ3) is 4.13. The molecule has 0 saturated carbocycles. The number of carbonyl (C=O) groups excluding carboxylic acids is 1. The van der Waals surface area contributed by atoms with Crippen molar-refractivity contribution < 1.29 is 14.3 Å². The summed E-state index contributed by atoms with van der Waals surface area (Å²) in [4.78, 5) is 31.4. The lowest BCUT2D eigenvalue weighted by Crippen LogP contribution is -2.39. The van der Waals surface area contributed by atoms with Crippen molar-refractivity contribution in [1.82, 2.24) is 4.57 Å². The first-order valence-corrected chi connectivity index (χ1v) is 11.2. The van der Waals surface area contributed by atoms with Crippen molar-refractivity contribution in [2.45, 2.75) is 19.9 Å². The maximum Gasteiger partial charge on any atom is 0.338 e. The zero-order chi connectivity index (χ0) is 22.8. The minimum Gasteiger partial charge on any atom is -0.497 e. The Labute approximate surface area is 193 Å². The van der Waals surface area contributed by atoms with Crippen LogP contribution in [-0.2, 0) is 9.53 Å². The molecule has 2 heterocycles. The lowest BCUT2D eigenvalue weighted by molar-refractivity contribution is -0.139. The largest absolute Gasteiger partial charge is 0.497 e. The summed E-state index contributed by atoms with van der Waals surface area (Å²) >= 11 is 7.36. The first-order valence-electron chi connectivity index (χ1n) is 10.0. The Morgan fingerprint density at radius 1 is 1.19 bits per heavy atom. The fourth-order valence-corrected chi connectivity index (χ4v) is 4.78. The number of nitrogens with zero attached hydrogens (tertiary/aromatic N) is 2. The zero-order valence-corrected chi connectivity index (χ0v) is 19.4. The Kier molecular flexibility index (Phi) is 6.30. The summed E-state index contributed by atoms with van der Waals surface area (Å²) in [5.74, 6) is 0.249. The predicted molar refractivity (Wildman–Crippen MR) is 125 cm³/mol. The van der Waals surface area contributed by atoms with Crippen molar-refractivity contribution in [3.05, 3.63) is 95.6 Å². The van der Waals surface area contributed by atoms with Crippen molar-refractivity contribution in [3.63, 3.8) is 0 Å². The van der Waals surface area contributed by atoms with Crippen LogP contribution in [0.4, 0.5) is 0 Å². The molecule has 1 aliphatic rings. The van der Waals surface area contributed by atoms with E-state index in [1.807, 2.05) is 42.5 Å². The Hall–Kier alpha value is -3.16. The van der Waals surface area contributed by atoms with Crippen molar-refractivity contribution >= 4 is 35.0 Å². The van der Waals surface area contributed by atoms with Crippen LogP contribution in [0.5, 0.6) is 5.75 Å². The molecule has 4 rings (SSSR count). The fourth-order valence-electron chi connectivity index (χ4n) is 3.60. The lowest BCUT2D eigenvalue weighted by Gasteiger charge is -2.24. The van der Waals surface area contributed by atoms with Crippen LogP contribution in [0.15, 0.2) is 69.6 Å². The number of esters is 1. The molecule has 2 aromatic carbocycles. The molecule has 0 bridgehead atoms. The lowest BCUT2D eigenvalue weighted by atomic mass is 9.96. The summed E-state index contributed by atoms with van der Waals surface area (Å²) in [7, 11) is 1.60. The molecule has 0 fully saturated rings. The van der Waals surface area contributed by atoms with E-state index < -0.39 is 12.0 Å². The average molecular weight is 469 g/mol. The van der Waals surface area contributed by atoms with Crippen LogP contribution in [0.2, 0.25) is 5.02 Å². The molecular formula is C24H21ClN2O4S. The van der Waals surface area contributed by atoms with Gasteiger partial charge in [0.2, 0.25) is 0 Å². The molecule has 0 unspecified atom stereocenters. The Morgan fingerprint density at radius 3 is 2.50 bits per heavy atom. The van der Waals surface area contributed by atoms with E-state index in [9.17, 15) is 9.59 Å². The smallest absolute Gasteiger partial charge is 0.338 e. The second-order valence-electron chi connectivity index (χ2n) is 7.13. The fraction of sp³-hybridized carbons (Fsp3) is 0.208. The van der Waals surface area contributed by atoms with Gasteiger partial charge in [-0.2, -0.15) is 0 Å². The summed E-state index contributed by atoms with van der Waals surface area (Å²) in [5.41, 5.74) is 2.27. The number of halogens is 1. The normalized spacial score (nSPS) is 15.9. The summed E-state index contributed by atoms with van der Waals surface area (Å²) in [6.45, 7) is 3.73. The molecule has 32 heavy (non-hydrogen) atoms. The van der Waals surface area contributed by atoms with Crippen molar-refractivity contribution in [1.29, 1.82) is 0 Å². The molecule has 6 nitrogen and oxygen atoms in total. The number of ether oxygens (including phenoxy) is 2. The highest BCUT2D eigenvalue weighted by atomic mass is 35.5. The minimum absolute atomic E-state index is 0.223. The van der Waals surface area contributed by atoms with Gasteiger partial charge in [-0.3, -0.25) is 9.36 Å². The number of rotatable bonds is 5. The Morgan fingerprint density at radius 2 is 1.88 bits per heavy atom. The van der Waals surface area contributed by atoms with E-state index in [-0.39, 0.29) is 12.2 Å². The first-order chi connectivity index (χ1) is 15.4. The summed E-state index contributed by atoms with van der Waals surface area (Å²) < 4.78 is 12.6. The molecule has 0 N–H and O–H groups in total. The van der Waals surface area contributed by atoms with Crippen LogP contribution in [0.1, 0.15) is 31.0 Å². The van der Waals surface area contributed by atoms with E-state index in [0.29, 0.717) is 25.6 Å². The highest BCUT2D eigenvalue weighted by Crippen LogP contribution is 2.31. The zero-order valence-electron chi connectivity index (χ0n) is 17.8. The number of thiazole rings is 1. The maximum absolute atomic E-state index is 13.5. The van der Waals surface area contributed by atoms with E-state index in [1.54, 1.807) is 37.7 Å². The summed E-state index contributed by atoms with van der Waals surface area (Å²) in [5, 5.41) is 0.569. The number of benzene rings is 2. The number of hydrogen-bond acceptors (Lipinski definition) is 6. The molecule has 1 aromatic heterocycles. The summed E-state index contributed by atoms with van der Waals surface area (Å²) in [6, 6.07) is 13.9. The van der Waals surface area contributed by atoms with Crippen molar-refractivity contribution in [3.8, 4) is 5.75 Å². The van der Waals surface area contributed by atoms with Gasteiger partial charge in [0.05, 0.1) is 35.6 Å². The van der Waals surface area contributed by atoms with Crippen LogP contribution in [0.3, 0.4) is 0 Å². The molecule has 0 saturated heterocycles. The minimum atomic E-state index is -0.652. The van der Waals surface area contributed by atoms with Gasteiger partial charge in [0.15, 0.2) is 4.80 Å². The maximum atomic E-state index is 13.5. The quantitative estimate of drug-likeness (QED) is 0.538. The van der Waals surface area contributed by atoms with Crippen LogP contribution in [-0.4, -0.2) is 24.3 Å². The predicted octanol–water partition coefficient (Wildman–Crippen LogP) is 3.46. The van der Waals surface area contributed by atoms with Gasteiger partial charge in [0, 0.05) is 5.02 Å². The van der Waals surface area contributed by atoms with Crippen LogP contribution in [0, 0.1) is 0 Å². The topological polar surface area (TPSA) is 69.9 Å². The number of carbonyl (C=O) groups is 1. The molecule has 1 aliphatic heterocycles. The highest BCUT2D eigenvalue weighted by molar-refractivity contribution is 7.07. The number of methoxy groups -OCH3 is 1. The molecule has 0 aliphatic carbocycles. The second kappa shape index (κ2) is 9.14. The molecule has 3 aromatic rings. The van der Waals surface area contributed by atoms with Crippen molar-refractivity contribution in [2.75, 3.05) is 13.7 Å². The standard InChI is InChI=1S/C24H21ClN2O4S/c1-4-31-23(29)20-14(2)26-24-27(21(20)16-7-9-17(25)10-8-16)22(28)19(32-24)13-15-5-11-18(30-3)12-6-15/h5-13,21H,4H2,1-3H3/b19-13-/t21-/m0/s1. The number of allylic oxidation sites excluding steroid dienone is 1. The monoisotopic (exact) mass is 468 g/mol. The van der Waals surface area contributed by atoms with Crippen LogP contribution in [0.25, 0.3) is 6.08 Å². The second-order valence-corrected chi connectivity index (χ2v) is 8.57. The average Bonchev–Trinajstić information content (AvgIpc) is 3.08. The van der Waals surface area contributed by atoms with E-state index in [1.165, 1.54) is 11.3 Å². The number of aromatic nitrogens is 1. The number of fused-ring (bicyclic) bond motifs is 1. The van der Waals surface area contributed by atoms with E-state index in [4.69, 9.17) is 21.1 Å². The highest BCUT2D eigenvalue weighted by Gasteiger charge is 2.33. The van der Waals surface area contributed by atoms with Gasteiger partial charge >= 0.3 is 5.97 Å². The molecule has 0 radical (unpaired) electrons. The molecular weight excluding hydrogens is 448 g/mol. The van der Waals surface area contributed by atoms with Gasteiger partial charge in [-0.15, -0.1) is 0 Å². The number of hydrogen-bond donors (Lipinski definition) is 0. The van der Waals surface area contributed by atoms with Gasteiger partial charge < -0.3 is 9.47 Å². The third-order valence-corrected chi connectivity index (χ3v) is 6.35. The first kappa shape index (κ1) is 22.0. The van der Waals surface area contributed by atoms with E-state index in [2.05, 4.69) is 4.99 Å². The van der Waals surface area contributed by atoms with Gasteiger partial charge in [0.1, 0.15) is 5.75 Å². The van der Waals surface area contributed by atoms with Gasteiger partial charge in [-0.1, -0.05) is 47.2 Å². The molecule has 8 heteroatoms. The Balaban J connectivity index is 1.92. The van der Waals surface area contributed by atoms with Gasteiger partial charge in [0.25, 0.3) is 5.56 Å². The van der Waals surface area contributed by atoms with Gasteiger partial charge in [-0.05, 0) is 55.3 Å². The van der Waals surface area contributed by atoms with Crippen LogP contribution < -0.4 is 19.6 Å². The van der Waals surface area contributed by atoms with Gasteiger partial charge in [-0.25, -0.2) is 9.79 Å². The SMILES string of the molecule is CCOC(=O)C1=C(C)N=c2s/c(=C\c3ccc(OC)cc3)c(=O)n2[C@H]1c1ccc(Cl)cc1. The van der Waals surface area contributed by atoms with Crippen molar-refractivity contribution in [2.24, 2.45) is 4.99 Å². The summed E-state index contributed by atoms with van der Waals surface area (Å²) in [6.07, 6.45) is 1.81. The molecule has 0 spiro atoms. The van der Waals surface area contributed by atoms with E-state index >= 15 is 0 Å². The van der Waals surface area contributed by atoms with Crippen LogP contribution >= 0.6 is 22.9 Å². The van der Waals surface area contributed by atoms with E-state index in [0.717, 1.165) is 16.9 Å². The Bertz CT molecular complexity index is 1370. The molecule has 1 atom stereocenters. The third-order valence-electron chi connectivity index (χ3n) is 5.12. The molecule has 164 valence electrons. The molecule has 0 amide bonds.